The predicted octanol–water partition coefficient (Wildman–Crippen LogP) is 5.33. The van der Waals surface area contributed by atoms with Crippen molar-refractivity contribution in [3.63, 3.8) is 0 Å². The van der Waals surface area contributed by atoms with Gasteiger partial charge in [0.15, 0.2) is 21.3 Å². The van der Waals surface area contributed by atoms with E-state index in [-0.39, 0.29) is 47.1 Å². The molecule has 1 aliphatic heterocycles. The first-order chi connectivity index (χ1) is 19.0. The fraction of sp³-hybridized carbons (Fsp3) is 0.310. The normalized spacial score (nSPS) is 14.2. The van der Waals surface area contributed by atoms with Crippen LogP contribution in [0.15, 0.2) is 65.6 Å². The molecule has 1 amide bonds. The molecule has 1 N–H and O–H groups in total. The SMILES string of the molecule is CCS(=O)(=O)c1ccc(CNC(=O)c2ccc3c(c2)nc(CC(C)C)n3Cc2cccc3c2OC(F)(F)O3)cc1. The van der Waals surface area contributed by atoms with Gasteiger partial charge in [0.1, 0.15) is 5.82 Å². The zero-order valence-corrected chi connectivity index (χ0v) is 23.1. The molecule has 0 unspecified atom stereocenters. The van der Waals surface area contributed by atoms with E-state index in [1.165, 1.54) is 18.2 Å². The maximum Gasteiger partial charge on any atom is 0.586 e. The molecular formula is C29H29F2N3O5S. The molecule has 0 spiro atoms. The Morgan fingerprint density at radius 1 is 1.07 bits per heavy atom. The van der Waals surface area contributed by atoms with Crippen molar-refractivity contribution < 1.29 is 31.5 Å². The molecule has 4 aromatic rings. The topological polar surface area (TPSA) is 99.5 Å². The van der Waals surface area contributed by atoms with Crippen molar-refractivity contribution >= 4 is 26.8 Å². The summed E-state index contributed by atoms with van der Waals surface area (Å²) in [6.07, 6.45) is -3.07. The molecule has 11 heteroatoms. The molecule has 40 heavy (non-hydrogen) atoms. The lowest BCUT2D eigenvalue weighted by molar-refractivity contribution is -0.286. The van der Waals surface area contributed by atoms with E-state index in [1.54, 1.807) is 49.4 Å². The van der Waals surface area contributed by atoms with Crippen LogP contribution >= 0.6 is 0 Å². The minimum atomic E-state index is -3.71. The van der Waals surface area contributed by atoms with Crippen LogP contribution < -0.4 is 14.8 Å². The summed E-state index contributed by atoms with van der Waals surface area (Å²) >= 11 is 0. The van der Waals surface area contributed by atoms with Gasteiger partial charge in [0, 0.05) is 24.1 Å². The van der Waals surface area contributed by atoms with Crippen LogP contribution in [-0.2, 0) is 29.3 Å². The Balaban J connectivity index is 1.38. The van der Waals surface area contributed by atoms with Crippen molar-refractivity contribution in [3.8, 4) is 11.5 Å². The summed E-state index contributed by atoms with van der Waals surface area (Å²) in [5.41, 5.74) is 3.06. The first kappa shape index (κ1) is 27.6. The highest BCUT2D eigenvalue weighted by atomic mass is 32.2. The number of halogens is 2. The Bertz CT molecular complexity index is 1680. The van der Waals surface area contributed by atoms with Crippen LogP contribution in [0.5, 0.6) is 11.5 Å². The summed E-state index contributed by atoms with van der Waals surface area (Å²) < 4.78 is 62.8. The molecule has 0 radical (unpaired) electrons. The first-order valence-electron chi connectivity index (χ1n) is 12.9. The lowest BCUT2D eigenvalue weighted by Gasteiger charge is -2.13. The van der Waals surface area contributed by atoms with E-state index in [4.69, 9.17) is 9.72 Å². The van der Waals surface area contributed by atoms with Gasteiger partial charge >= 0.3 is 6.29 Å². The molecule has 5 rings (SSSR count). The van der Waals surface area contributed by atoms with Crippen molar-refractivity contribution in [3.05, 3.63) is 83.2 Å². The van der Waals surface area contributed by atoms with Gasteiger partial charge in [-0.25, -0.2) is 13.4 Å². The quantitative estimate of drug-likeness (QED) is 0.293. The number of alkyl halides is 2. The number of amides is 1. The highest BCUT2D eigenvalue weighted by Crippen LogP contribution is 2.43. The summed E-state index contributed by atoms with van der Waals surface area (Å²) in [5, 5.41) is 2.86. The molecule has 0 saturated heterocycles. The summed E-state index contributed by atoms with van der Waals surface area (Å²) in [4.78, 5) is 18.0. The van der Waals surface area contributed by atoms with Gasteiger partial charge in [0.2, 0.25) is 0 Å². The first-order valence-corrected chi connectivity index (χ1v) is 14.6. The number of nitrogens with zero attached hydrogens (tertiary/aromatic N) is 2. The van der Waals surface area contributed by atoms with Crippen LogP contribution in [0.2, 0.25) is 0 Å². The molecule has 0 fully saturated rings. The third-order valence-corrected chi connectivity index (χ3v) is 8.38. The molecule has 210 valence electrons. The number of carbonyl (C=O) groups is 1. The highest BCUT2D eigenvalue weighted by Gasteiger charge is 2.44. The largest absolute Gasteiger partial charge is 0.586 e. The smallest absolute Gasteiger partial charge is 0.395 e. The van der Waals surface area contributed by atoms with Gasteiger partial charge in [0.25, 0.3) is 5.91 Å². The van der Waals surface area contributed by atoms with Crippen molar-refractivity contribution in [2.45, 2.75) is 51.5 Å². The van der Waals surface area contributed by atoms with Crippen LogP contribution in [0.25, 0.3) is 11.0 Å². The Labute approximate surface area is 230 Å². The fourth-order valence-corrected chi connectivity index (χ4v) is 5.49. The monoisotopic (exact) mass is 569 g/mol. The fourth-order valence-electron chi connectivity index (χ4n) is 4.60. The Hall–Kier alpha value is -3.99. The Kier molecular flexibility index (Phi) is 7.26. The number of benzene rings is 3. The maximum absolute atomic E-state index is 13.7. The van der Waals surface area contributed by atoms with Gasteiger partial charge in [-0.3, -0.25) is 4.79 Å². The molecule has 1 aliphatic rings. The lowest BCUT2D eigenvalue weighted by atomic mass is 10.1. The van der Waals surface area contributed by atoms with Gasteiger partial charge in [-0.1, -0.05) is 45.0 Å². The molecule has 8 nitrogen and oxygen atoms in total. The zero-order chi connectivity index (χ0) is 28.7. The van der Waals surface area contributed by atoms with Crippen molar-refractivity contribution in [1.29, 1.82) is 0 Å². The third-order valence-electron chi connectivity index (χ3n) is 6.63. The van der Waals surface area contributed by atoms with Gasteiger partial charge in [-0.15, -0.1) is 8.78 Å². The second-order valence-electron chi connectivity index (χ2n) is 10.1. The average Bonchev–Trinajstić information content (AvgIpc) is 3.42. The number of sulfone groups is 1. The van der Waals surface area contributed by atoms with E-state index in [0.717, 1.165) is 16.9 Å². The molecular weight excluding hydrogens is 540 g/mol. The average molecular weight is 570 g/mol. The van der Waals surface area contributed by atoms with Crippen molar-refractivity contribution in [2.24, 2.45) is 5.92 Å². The second-order valence-corrected chi connectivity index (χ2v) is 12.3. The number of fused-ring (bicyclic) bond motifs is 2. The zero-order valence-electron chi connectivity index (χ0n) is 22.3. The summed E-state index contributed by atoms with van der Waals surface area (Å²) in [6, 6.07) is 16.4. The number of hydrogen-bond donors (Lipinski definition) is 1. The molecule has 0 atom stereocenters. The number of rotatable bonds is 9. The van der Waals surface area contributed by atoms with Crippen LogP contribution in [-0.4, -0.2) is 35.9 Å². The number of para-hydroxylation sites is 1. The highest BCUT2D eigenvalue weighted by molar-refractivity contribution is 7.91. The summed E-state index contributed by atoms with van der Waals surface area (Å²) in [6.45, 7) is 6.17. The maximum atomic E-state index is 13.7. The third kappa shape index (κ3) is 5.65. The van der Waals surface area contributed by atoms with Gasteiger partial charge in [-0.2, -0.15) is 0 Å². The van der Waals surface area contributed by atoms with Crippen LogP contribution in [0, 0.1) is 5.92 Å². The Morgan fingerprint density at radius 2 is 1.82 bits per heavy atom. The predicted molar refractivity (Wildman–Crippen MR) is 145 cm³/mol. The van der Waals surface area contributed by atoms with E-state index in [1.807, 2.05) is 4.57 Å². The number of carbonyl (C=O) groups excluding carboxylic acids is 1. The van der Waals surface area contributed by atoms with Gasteiger partial charge in [0.05, 0.1) is 28.2 Å². The van der Waals surface area contributed by atoms with Crippen LogP contribution in [0.4, 0.5) is 8.78 Å². The van der Waals surface area contributed by atoms with E-state index < -0.39 is 16.1 Å². The van der Waals surface area contributed by atoms with Crippen LogP contribution in [0.1, 0.15) is 48.1 Å². The molecule has 0 aliphatic carbocycles. The standard InChI is InChI=1S/C29H29F2N3O5S/c1-4-40(36,37)22-11-8-19(9-12-22)16-32-28(35)20-10-13-24-23(15-20)33-26(14-18(2)3)34(24)17-21-6-5-7-25-27(21)39-29(30,31)38-25/h5-13,15,18H,4,14,16-17H2,1-3H3,(H,32,35). The minimum absolute atomic E-state index is 0.00108. The van der Waals surface area contributed by atoms with Crippen LogP contribution in [0.3, 0.4) is 0 Å². The molecule has 1 aromatic heterocycles. The van der Waals surface area contributed by atoms with E-state index in [9.17, 15) is 22.0 Å². The van der Waals surface area contributed by atoms with Crippen molar-refractivity contribution in [1.82, 2.24) is 14.9 Å². The number of aromatic nitrogens is 2. The van der Waals surface area contributed by atoms with E-state index in [2.05, 4.69) is 23.9 Å². The molecule has 2 heterocycles. The summed E-state index contributed by atoms with van der Waals surface area (Å²) in [7, 11) is -3.29. The number of imidazole rings is 1. The molecule has 3 aromatic carbocycles. The van der Waals surface area contributed by atoms with E-state index in [0.29, 0.717) is 23.1 Å². The number of hydrogen-bond acceptors (Lipinski definition) is 6. The number of nitrogens with one attached hydrogen (secondary N) is 1. The van der Waals surface area contributed by atoms with E-state index >= 15 is 0 Å². The molecule has 0 saturated carbocycles. The molecule has 0 bridgehead atoms. The minimum Gasteiger partial charge on any atom is -0.395 e. The van der Waals surface area contributed by atoms with Crippen molar-refractivity contribution in [2.75, 3.05) is 5.75 Å². The van der Waals surface area contributed by atoms with Gasteiger partial charge in [-0.05, 0) is 47.9 Å². The lowest BCUT2D eigenvalue weighted by Crippen LogP contribution is -2.26. The Morgan fingerprint density at radius 3 is 2.52 bits per heavy atom. The second kappa shape index (κ2) is 10.5. The number of ether oxygens (including phenoxy) is 2. The summed E-state index contributed by atoms with van der Waals surface area (Å²) in [5.74, 6) is 0.738. The van der Waals surface area contributed by atoms with Gasteiger partial charge < -0.3 is 19.4 Å².